The molecule has 2 heterocycles. The van der Waals surface area contributed by atoms with Crippen molar-refractivity contribution in [1.29, 1.82) is 0 Å². The number of rotatable bonds is 2. The lowest BCUT2D eigenvalue weighted by atomic mass is 10.3. The Morgan fingerprint density at radius 1 is 1.71 bits per heavy atom. The average Bonchev–Trinajstić information content (AvgIpc) is 2.62. The fraction of sp³-hybridized carbons (Fsp3) is 0.625. The number of aromatic nitrogens is 1. The summed E-state index contributed by atoms with van der Waals surface area (Å²) in [6.45, 7) is 3.03. The van der Waals surface area contributed by atoms with Gasteiger partial charge >= 0.3 is 0 Å². The summed E-state index contributed by atoms with van der Waals surface area (Å²) < 4.78 is 0.624. The number of halogens is 2. The molecule has 0 aromatic carbocycles. The molecular formula is C8H13Cl2N3S. The van der Waals surface area contributed by atoms with E-state index in [-0.39, 0.29) is 12.4 Å². The first-order valence-electron chi connectivity index (χ1n) is 4.32. The monoisotopic (exact) mass is 253 g/mol. The van der Waals surface area contributed by atoms with E-state index in [2.05, 4.69) is 9.88 Å². The molecular weight excluding hydrogens is 241 g/mol. The number of nitrogens with two attached hydrogens (primary N) is 1. The van der Waals surface area contributed by atoms with Crippen molar-refractivity contribution >= 4 is 35.3 Å². The van der Waals surface area contributed by atoms with Crippen molar-refractivity contribution in [3.8, 4) is 0 Å². The van der Waals surface area contributed by atoms with Crippen molar-refractivity contribution in [3.05, 3.63) is 15.5 Å². The van der Waals surface area contributed by atoms with Crippen LogP contribution < -0.4 is 5.73 Å². The largest absolute Gasteiger partial charge is 0.326 e. The van der Waals surface area contributed by atoms with Gasteiger partial charge in [0.1, 0.15) is 0 Å². The molecule has 80 valence electrons. The van der Waals surface area contributed by atoms with E-state index in [1.165, 1.54) is 4.88 Å². The van der Waals surface area contributed by atoms with Gasteiger partial charge in [0, 0.05) is 36.8 Å². The molecule has 1 atom stereocenters. The molecule has 0 bridgehead atoms. The summed E-state index contributed by atoms with van der Waals surface area (Å²) in [7, 11) is 0. The van der Waals surface area contributed by atoms with Crippen molar-refractivity contribution < 1.29 is 0 Å². The summed E-state index contributed by atoms with van der Waals surface area (Å²) >= 11 is 7.29. The first-order chi connectivity index (χ1) is 6.24. The van der Waals surface area contributed by atoms with Gasteiger partial charge in [0.15, 0.2) is 4.47 Å². The molecule has 6 heteroatoms. The van der Waals surface area contributed by atoms with E-state index in [1.807, 2.05) is 6.20 Å². The molecule has 0 unspecified atom stereocenters. The molecule has 3 nitrogen and oxygen atoms in total. The average molecular weight is 254 g/mol. The van der Waals surface area contributed by atoms with Crippen molar-refractivity contribution in [1.82, 2.24) is 9.88 Å². The van der Waals surface area contributed by atoms with Gasteiger partial charge in [0.05, 0.1) is 0 Å². The zero-order valence-corrected chi connectivity index (χ0v) is 10.0. The molecule has 1 fully saturated rings. The Balaban J connectivity index is 0.000000980. The van der Waals surface area contributed by atoms with Gasteiger partial charge in [0.2, 0.25) is 0 Å². The van der Waals surface area contributed by atoms with Crippen LogP contribution in [-0.2, 0) is 6.54 Å². The van der Waals surface area contributed by atoms with Crippen molar-refractivity contribution in [2.75, 3.05) is 13.1 Å². The highest BCUT2D eigenvalue weighted by Crippen LogP contribution is 2.20. The molecule has 0 saturated carbocycles. The van der Waals surface area contributed by atoms with Crippen LogP contribution >= 0.6 is 35.3 Å². The van der Waals surface area contributed by atoms with Gasteiger partial charge in [-0.25, -0.2) is 4.98 Å². The molecule has 0 spiro atoms. The van der Waals surface area contributed by atoms with Crippen LogP contribution in [0.4, 0.5) is 0 Å². The van der Waals surface area contributed by atoms with Crippen LogP contribution in [0, 0.1) is 0 Å². The Hall–Kier alpha value is 0.130. The maximum atomic E-state index is 5.80. The summed E-state index contributed by atoms with van der Waals surface area (Å²) in [6.07, 6.45) is 2.95. The van der Waals surface area contributed by atoms with Gasteiger partial charge < -0.3 is 5.73 Å². The number of hydrogen-bond acceptors (Lipinski definition) is 4. The molecule has 0 aliphatic carbocycles. The zero-order valence-electron chi connectivity index (χ0n) is 7.65. The Morgan fingerprint density at radius 3 is 3.00 bits per heavy atom. The third kappa shape index (κ3) is 3.07. The molecule has 2 N–H and O–H groups in total. The summed E-state index contributed by atoms with van der Waals surface area (Å²) in [6, 6.07) is 0.350. The van der Waals surface area contributed by atoms with E-state index in [0.717, 1.165) is 26.1 Å². The van der Waals surface area contributed by atoms with Gasteiger partial charge in [-0.05, 0) is 6.42 Å². The lowest BCUT2D eigenvalue weighted by molar-refractivity contribution is 0.329. The van der Waals surface area contributed by atoms with Gasteiger partial charge in [-0.3, -0.25) is 4.90 Å². The SMILES string of the molecule is Cl.N[C@@H]1CCN(Cc2cnc(Cl)s2)C1. The number of hydrogen-bond donors (Lipinski definition) is 1. The van der Waals surface area contributed by atoms with E-state index in [4.69, 9.17) is 17.3 Å². The third-order valence-corrected chi connectivity index (χ3v) is 3.31. The van der Waals surface area contributed by atoms with E-state index < -0.39 is 0 Å². The van der Waals surface area contributed by atoms with E-state index in [0.29, 0.717) is 10.5 Å². The van der Waals surface area contributed by atoms with Crippen LogP contribution in [-0.4, -0.2) is 29.0 Å². The second kappa shape index (κ2) is 5.28. The number of thiazole rings is 1. The van der Waals surface area contributed by atoms with Crippen LogP contribution in [0.1, 0.15) is 11.3 Å². The predicted octanol–water partition coefficient (Wildman–Crippen LogP) is 1.75. The standard InChI is InChI=1S/C8H12ClN3S.ClH/c9-8-11-3-7(13-8)5-12-2-1-6(10)4-12;/h3,6H,1-2,4-5,10H2;1H/t6-;/m1./s1. The van der Waals surface area contributed by atoms with E-state index in [1.54, 1.807) is 11.3 Å². The summed E-state index contributed by atoms with van der Waals surface area (Å²) in [4.78, 5) is 7.57. The van der Waals surface area contributed by atoms with Crippen molar-refractivity contribution in [3.63, 3.8) is 0 Å². The number of nitrogens with zero attached hydrogens (tertiary/aromatic N) is 2. The highest BCUT2D eigenvalue weighted by Gasteiger charge is 2.19. The van der Waals surface area contributed by atoms with Crippen LogP contribution in [0.5, 0.6) is 0 Å². The summed E-state index contributed by atoms with van der Waals surface area (Å²) in [5, 5.41) is 0. The minimum absolute atomic E-state index is 0. The molecule has 2 rings (SSSR count). The lowest BCUT2D eigenvalue weighted by Gasteiger charge is -2.12. The molecule has 1 aliphatic heterocycles. The van der Waals surface area contributed by atoms with Gasteiger partial charge in [-0.15, -0.1) is 23.7 Å². The second-order valence-corrected chi connectivity index (χ2v) is 5.06. The predicted molar refractivity (Wildman–Crippen MR) is 62.2 cm³/mol. The van der Waals surface area contributed by atoms with Crippen LogP contribution in [0.15, 0.2) is 6.20 Å². The zero-order chi connectivity index (χ0) is 9.26. The fourth-order valence-corrected chi connectivity index (χ4v) is 2.60. The van der Waals surface area contributed by atoms with Gasteiger partial charge in [-0.1, -0.05) is 11.6 Å². The molecule has 1 aliphatic rings. The van der Waals surface area contributed by atoms with Crippen molar-refractivity contribution in [2.24, 2.45) is 5.73 Å². The molecule has 14 heavy (non-hydrogen) atoms. The van der Waals surface area contributed by atoms with E-state index >= 15 is 0 Å². The normalized spacial score (nSPS) is 22.3. The smallest absolute Gasteiger partial charge is 0.183 e. The van der Waals surface area contributed by atoms with Gasteiger partial charge in [-0.2, -0.15) is 0 Å². The highest BCUT2D eigenvalue weighted by atomic mass is 35.5. The van der Waals surface area contributed by atoms with E-state index in [9.17, 15) is 0 Å². The minimum atomic E-state index is 0. The first kappa shape index (κ1) is 12.2. The van der Waals surface area contributed by atoms with Crippen LogP contribution in [0.3, 0.4) is 0 Å². The first-order valence-corrected chi connectivity index (χ1v) is 5.51. The fourth-order valence-electron chi connectivity index (χ4n) is 1.58. The van der Waals surface area contributed by atoms with Gasteiger partial charge in [0.25, 0.3) is 0 Å². The Morgan fingerprint density at radius 2 is 2.50 bits per heavy atom. The molecule has 1 aromatic rings. The molecule has 0 radical (unpaired) electrons. The molecule has 1 aromatic heterocycles. The molecule has 0 amide bonds. The quantitative estimate of drug-likeness (QED) is 0.874. The Labute approximate surface area is 98.7 Å². The number of likely N-dealkylation sites (tertiary alicyclic amines) is 1. The maximum absolute atomic E-state index is 5.80. The topological polar surface area (TPSA) is 42.1 Å². The van der Waals surface area contributed by atoms with Crippen LogP contribution in [0.2, 0.25) is 4.47 Å². The summed E-state index contributed by atoms with van der Waals surface area (Å²) in [5.41, 5.74) is 5.80. The maximum Gasteiger partial charge on any atom is 0.183 e. The summed E-state index contributed by atoms with van der Waals surface area (Å²) in [5.74, 6) is 0. The second-order valence-electron chi connectivity index (χ2n) is 3.36. The lowest BCUT2D eigenvalue weighted by Crippen LogP contribution is -2.25. The Bertz CT molecular complexity index is 292. The highest BCUT2D eigenvalue weighted by molar-refractivity contribution is 7.15. The van der Waals surface area contributed by atoms with Crippen LogP contribution in [0.25, 0.3) is 0 Å². The minimum Gasteiger partial charge on any atom is -0.326 e. The Kier molecular flexibility index (Phi) is 4.60. The van der Waals surface area contributed by atoms with Crippen molar-refractivity contribution in [2.45, 2.75) is 19.0 Å². The molecule has 1 saturated heterocycles. The third-order valence-electron chi connectivity index (χ3n) is 2.21.